The van der Waals surface area contributed by atoms with E-state index in [-0.39, 0.29) is 6.42 Å². The lowest BCUT2D eigenvalue weighted by Crippen LogP contribution is -1.92. The molecule has 0 aliphatic rings. The van der Waals surface area contributed by atoms with Gasteiger partial charge < -0.3 is 9.84 Å². The summed E-state index contributed by atoms with van der Waals surface area (Å²) in [5.41, 5.74) is 0. The van der Waals surface area contributed by atoms with Gasteiger partial charge in [-0.2, -0.15) is 0 Å². The van der Waals surface area contributed by atoms with Crippen molar-refractivity contribution in [3.63, 3.8) is 0 Å². The Balaban J connectivity index is 3.48. The van der Waals surface area contributed by atoms with Crippen LogP contribution in [-0.4, -0.2) is 11.1 Å². The van der Waals surface area contributed by atoms with E-state index in [9.17, 15) is 4.79 Å². The van der Waals surface area contributed by atoms with Crippen LogP contribution < -0.4 is 0 Å². The number of hydrogen-bond acceptors (Lipinski definition) is 2. The molecule has 21 heavy (non-hydrogen) atoms. The lowest BCUT2D eigenvalue weighted by atomic mass is 10.2. The van der Waals surface area contributed by atoms with Gasteiger partial charge in [-0.1, -0.05) is 43.4 Å². The second kappa shape index (κ2) is 16.0. The molecule has 0 aliphatic carbocycles. The van der Waals surface area contributed by atoms with Crippen molar-refractivity contribution in [2.24, 2.45) is 0 Å². The minimum absolute atomic E-state index is 0.265. The lowest BCUT2D eigenvalue weighted by molar-refractivity contribution is -0.137. The second-order valence-corrected chi connectivity index (χ2v) is 4.40. The number of rotatable bonds is 12. The smallest absolute Gasteiger partial charge is 0.303 e. The van der Waals surface area contributed by atoms with Crippen molar-refractivity contribution in [3.05, 3.63) is 61.1 Å². The summed E-state index contributed by atoms with van der Waals surface area (Å²) < 4.78 is 5.14. The summed E-state index contributed by atoms with van der Waals surface area (Å²) in [5, 5.41) is 8.48. The Labute approximate surface area is 128 Å². The van der Waals surface area contributed by atoms with Crippen LogP contribution in [0, 0.1) is 0 Å². The Kier molecular flexibility index (Phi) is 14.5. The zero-order valence-corrected chi connectivity index (χ0v) is 12.8. The third-order valence-electron chi connectivity index (χ3n) is 2.49. The number of allylic oxidation sites excluding steroid dienone is 8. The molecular formula is C18H26O3. The van der Waals surface area contributed by atoms with E-state index >= 15 is 0 Å². The zero-order valence-electron chi connectivity index (χ0n) is 12.8. The van der Waals surface area contributed by atoms with Gasteiger partial charge in [0.15, 0.2) is 0 Å². The minimum atomic E-state index is -0.716. The van der Waals surface area contributed by atoms with E-state index in [1.165, 1.54) is 0 Å². The van der Waals surface area contributed by atoms with Crippen LogP contribution in [0.3, 0.4) is 0 Å². The van der Waals surface area contributed by atoms with E-state index < -0.39 is 5.97 Å². The van der Waals surface area contributed by atoms with Gasteiger partial charge in [0.05, 0.1) is 12.5 Å². The molecule has 0 atom stereocenters. The third-order valence-corrected chi connectivity index (χ3v) is 2.49. The second-order valence-electron chi connectivity index (χ2n) is 4.40. The fourth-order valence-electron chi connectivity index (χ4n) is 1.43. The first-order chi connectivity index (χ1) is 10.3. The van der Waals surface area contributed by atoms with Gasteiger partial charge in [-0.3, -0.25) is 4.79 Å². The molecule has 0 radical (unpaired) electrons. The van der Waals surface area contributed by atoms with E-state index in [2.05, 4.69) is 25.2 Å². The van der Waals surface area contributed by atoms with Gasteiger partial charge in [0, 0.05) is 6.42 Å². The highest BCUT2D eigenvalue weighted by Gasteiger charge is 1.93. The maximum Gasteiger partial charge on any atom is 0.303 e. The van der Waals surface area contributed by atoms with Crippen LogP contribution in [0.15, 0.2) is 61.1 Å². The summed E-state index contributed by atoms with van der Waals surface area (Å²) in [7, 11) is 0. The maximum atomic E-state index is 10.3. The molecular weight excluding hydrogens is 264 g/mol. The third kappa shape index (κ3) is 18.0. The standard InChI is InChI=1S/C18H26O3/c1-2-3-4-13-16-21-17-14-11-9-7-5-6-8-10-12-15-18(19)20/h3-6,9,11,13-14,16-17H,2,7-8,10,12,15H2,1H3,(H,19,20)/b4-3-,6-5-,11-9-,16-13-,17-14+. The molecule has 0 fully saturated rings. The van der Waals surface area contributed by atoms with Crippen molar-refractivity contribution in [1.29, 1.82) is 0 Å². The van der Waals surface area contributed by atoms with Crippen molar-refractivity contribution in [2.45, 2.75) is 45.4 Å². The molecule has 0 aromatic carbocycles. The average molecular weight is 290 g/mol. The quantitative estimate of drug-likeness (QED) is 0.234. The van der Waals surface area contributed by atoms with Crippen LogP contribution >= 0.6 is 0 Å². The van der Waals surface area contributed by atoms with Crippen molar-refractivity contribution >= 4 is 5.97 Å². The SMILES string of the molecule is CC/C=C\C=C/O/C=C/C=C\C/C=C\CCCCC(=O)O. The summed E-state index contributed by atoms with van der Waals surface area (Å²) in [6.45, 7) is 2.08. The van der Waals surface area contributed by atoms with E-state index in [1.807, 2.05) is 30.4 Å². The Morgan fingerprint density at radius 1 is 0.952 bits per heavy atom. The Bertz CT molecular complexity index is 387. The molecule has 1 N–H and O–H groups in total. The number of aliphatic carboxylic acids is 1. The molecule has 0 bridgehead atoms. The fourth-order valence-corrected chi connectivity index (χ4v) is 1.43. The fraction of sp³-hybridized carbons (Fsp3) is 0.389. The van der Waals surface area contributed by atoms with Crippen LogP contribution in [0.25, 0.3) is 0 Å². The van der Waals surface area contributed by atoms with E-state index in [0.29, 0.717) is 0 Å². The van der Waals surface area contributed by atoms with Crippen LogP contribution in [0.2, 0.25) is 0 Å². The highest BCUT2D eigenvalue weighted by molar-refractivity contribution is 5.66. The molecule has 0 rings (SSSR count). The molecule has 0 aromatic heterocycles. The zero-order chi connectivity index (χ0) is 15.6. The monoisotopic (exact) mass is 290 g/mol. The lowest BCUT2D eigenvalue weighted by Gasteiger charge is -1.92. The van der Waals surface area contributed by atoms with Gasteiger partial charge in [-0.05, 0) is 44.3 Å². The van der Waals surface area contributed by atoms with Crippen LogP contribution in [-0.2, 0) is 9.53 Å². The number of carbonyl (C=O) groups is 1. The van der Waals surface area contributed by atoms with E-state index in [1.54, 1.807) is 12.5 Å². The van der Waals surface area contributed by atoms with E-state index in [4.69, 9.17) is 9.84 Å². The van der Waals surface area contributed by atoms with Crippen molar-refractivity contribution in [1.82, 2.24) is 0 Å². The number of hydrogen-bond donors (Lipinski definition) is 1. The molecule has 3 heteroatoms. The first-order valence-corrected chi connectivity index (χ1v) is 7.43. The molecule has 0 aliphatic heterocycles. The molecule has 0 amide bonds. The molecule has 0 heterocycles. The van der Waals surface area contributed by atoms with Crippen LogP contribution in [0.5, 0.6) is 0 Å². The maximum absolute atomic E-state index is 10.3. The number of unbranched alkanes of at least 4 members (excludes halogenated alkanes) is 2. The molecule has 3 nitrogen and oxygen atoms in total. The minimum Gasteiger partial charge on any atom is -0.481 e. The summed E-state index contributed by atoms with van der Waals surface area (Å²) in [6, 6.07) is 0. The predicted octanol–water partition coefficient (Wildman–Crippen LogP) is 5.14. The van der Waals surface area contributed by atoms with Gasteiger partial charge in [-0.25, -0.2) is 0 Å². The highest BCUT2D eigenvalue weighted by Crippen LogP contribution is 2.01. The van der Waals surface area contributed by atoms with Gasteiger partial charge in [0.25, 0.3) is 0 Å². The molecule has 0 unspecified atom stereocenters. The highest BCUT2D eigenvalue weighted by atomic mass is 16.5. The summed E-state index contributed by atoms with van der Waals surface area (Å²) in [6.07, 6.45) is 23.9. The number of carboxylic acids is 1. The van der Waals surface area contributed by atoms with Gasteiger partial charge in [-0.15, -0.1) is 0 Å². The topological polar surface area (TPSA) is 46.5 Å². The van der Waals surface area contributed by atoms with Crippen molar-refractivity contribution in [2.75, 3.05) is 0 Å². The first kappa shape index (κ1) is 19.0. The molecule has 116 valence electrons. The summed E-state index contributed by atoms with van der Waals surface area (Å²) in [5.74, 6) is -0.716. The van der Waals surface area contributed by atoms with Crippen LogP contribution in [0.4, 0.5) is 0 Å². The Morgan fingerprint density at radius 2 is 1.67 bits per heavy atom. The van der Waals surface area contributed by atoms with Crippen molar-refractivity contribution in [3.8, 4) is 0 Å². The largest absolute Gasteiger partial charge is 0.481 e. The summed E-state index contributed by atoms with van der Waals surface area (Å²) in [4.78, 5) is 10.3. The average Bonchev–Trinajstić information content (AvgIpc) is 2.46. The van der Waals surface area contributed by atoms with Gasteiger partial charge in [0.2, 0.25) is 0 Å². The molecule has 0 saturated heterocycles. The number of ether oxygens (including phenoxy) is 1. The Hall–Kier alpha value is -2.03. The normalized spacial score (nSPS) is 12.6. The van der Waals surface area contributed by atoms with E-state index in [0.717, 1.165) is 32.1 Å². The van der Waals surface area contributed by atoms with Crippen LogP contribution in [0.1, 0.15) is 45.4 Å². The van der Waals surface area contributed by atoms with Gasteiger partial charge in [0.1, 0.15) is 0 Å². The number of carboxylic acid groups (broad SMARTS) is 1. The molecule has 0 aromatic rings. The predicted molar refractivity (Wildman–Crippen MR) is 87.8 cm³/mol. The first-order valence-electron chi connectivity index (χ1n) is 7.43. The Morgan fingerprint density at radius 3 is 2.33 bits per heavy atom. The summed E-state index contributed by atoms with van der Waals surface area (Å²) >= 11 is 0. The van der Waals surface area contributed by atoms with Gasteiger partial charge >= 0.3 is 5.97 Å². The molecule has 0 spiro atoms. The van der Waals surface area contributed by atoms with Crippen molar-refractivity contribution < 1.29 is 14.6 Å². The molecule has 0 saturated carbocycles.